The van der Waals surface area contributed by atoms with Crippen LogP contribution in [0.2, 0.25) is 0 Å². The molecule has 0 radical (unpaired) electrons. The van der Waals surface area contributed by atoms with E-state index >= 15 is 0 Å². The number of carbonyl (C=O) groups excluding carboxylic acids is 1. The van der Waals surface area contributed by atoms with E-state index in [0.29, 0.717) is 31.2 Å². The molecule has 2 aromatic rings. The molecule has 2 aromatic heterocycles. The second kappa shape index (κ2) is 6.04. The number of rotatable bonds is 3. The summed E-state index contributed by atoms with van der Waals surface area (Å²) in [6, 6.07) is 3.85. The lowest BCUT2D eigenvalue weighted by atomic mass is 10.1. The van der Waals surface area contributed by atoms with Crippen molar-refractivity contribution < 1.29 is 9.53 Å². The van der Waals surface area contributed by atoms with E-state index in [9.17, 15) is 4.79 Å². The SMILES string of the molecule is O=C(c1cnc(C2CC2)nc1)N1CCO[C@H](c2ccncc2)C1. The van der Waals surface area contributed by atoms with Gasteiger partial charge in [0.05, 0.1) is 18.7 Å². The van der Waals surface area contributed by atoms with Crippen LogP contribution in [0.4, 0.5) is 0 Å². The van der Waals surface area contributed by atoms with Gasteiger partial charge in [-0.1, -0.05) is 0 Å². The fourth-order valence-electron chi connectivity index (χ4n) is 2.80. The third kappa shape index (κ3) is 3.07. The topological polar surface area (TPSA) is 68.2 Å². The summed E-state index contributed by atoms with van der Waals surface area (Å²) >= 11 is 0. The van der Waals surface area contributed by atoms with Crippen molar-refractivity contribution in [2.45, 2.75) is 24.9 Å². The Kier molecular flexibility index (Phi) is 3.75. The quantitative estimate of drug-likeness (QED) is 0.867. The van der Waals surface area contributed by atoms with Crippen LogP contribution in [-0.2, 0) is 4.74 Å². The first-order chi connectivity index (χ1) is 11.3. The molecule has 0 unspecified atom stereocenters. The molecule has 1 aliphatic carbocycles. The van der Waals surface area contributed by atoms with E-state index < -0.39 is 0 Å². The van der Waals surface area contributed by atoms with Crippen molar-refractivity contribution in [2.24, 2.45) is 0 Å². The van der Waals surface area contributed by atoms with Crippen LogP contribution in [0, 0.1) is 0 Å². The van der Waals surface area contributed by atoms with Crippen molar-refractivity contribution in [3.05, 3.63) is 53.9 Å². The average Bonchev–Trinajstić information content (AvgIpc) is 3.47. The van der Waals surface area contributed by atoms with Crippen LogP contribution in [0.5, 0.6) is 0 Å². The van der Waals surface area contributed by atoms with Crippen LogP contribution in [-0.4, -0.2) is 45.5 Å². The van der Waals surface area contributed by atoms with E-state index in [0.717, 1.165) is 24.2 Å². The van der Waals surface area contributed by atoms with Crippen LogP contribution in [0.25, 0.3) is 0 Å². The number of hydrogen-bond donors (Lipinski definition) is 0. The van der Waals surface area contributed by atoms with Crippen molar-refractivity contribution in [3.63, 3.8) is 0 Å². The highest BCUT2D eigenvalue weighted by Gasteiger charge is 2.28. The van der Waals surface area contributed by atoms with Gasteiger partial charge in [0.25, 0.3) is 5.91 Å². The van der Waals surface area contributed by atoms with Crippen LogP contribution in [0.15, 0.2) is 36.9 Å². The predicted molar refractivity (Wildman–Crippen MR) is 82.8 cm³/mol. The normalized spacial score (nSPS) is 21.2. The van der Waals surface area contributed by atoms with Gasteiger partial charge in [-0.25, -0.2) is 9.97 Å². The Morgan fingerprint density at radius 2 is 1.91 bits per heavy atom. The highest BCUT2D eigenvalue weighted by atomic mass is 16.5. The molecule has 1 amide bonds. The lowest BCUT2D eigenvalue weighted by Gasteiger charge is -2.33. The Bertz CT molecular complexity index is 685. The van der Waals surface area contributed by atoms with Gasteiger partial charge in [-0.3, -0.25) is 9.78 Å². The summed E-state index contributed by atoms with van der Waals surface area (Å²) in [5.41, 5.74) is 1.59. The van der Waals surface area contributed by atoms with E-state index in [1.54, 1.807) is 24.8 Å². The molecule has 0 spiro atoms. The zero-order chi connectivity index (χ0) is 15.6. The summed E-state index contributed by atoms with van der Waals surface area (Å²) in [7, 11) is 0. The number of pyridine rings is 1. The molecule has 118 valence electrons. The van der Waals surface area contributed by atoms with Crippen molar-refractivity contribution in [1.29, 1.82) is 0 Å². The molecule has 0 N–H and O–H groups in total. The number of nitrogens with zero attached hydrogens (tertiary/aromatic N) is 4. The number of hydrogen-bond acceptors (Lipinski definition) is 5. The number of aromatic nitrogens is 3. The molecule has 3 heterocycles. The third-order valence-corrected chi connectivity index (χ3v) is 4.29. The zero-order valence-corrected chi connectivity index (χ0v) is 12.8. The number of carbonyl (C=O) groups is 1. The molecule has 2 aliphatic rings. The van der Waals surface area contributed by atoms with Gasteiger partial charge < -0.3 is 9.64 Å². The monoisotopic (exact) mass is 310 g/mol. The molecule has 1 saturated heterocycles. The maximum Gasteiger partial charge on any atom is 0.257 e. The van der Waals surface area contributed by atoms with E-state index in [2.05, 4.69) is 15.0 Å². The van der Waals surface area contributed by atoms with Crippen LogP contribution in [0.3, 0.4) is 0 Å². The standard InChI is InChI=1S/C17H18N4O2/c22-17(14-9-19-16(20-10-14)13-1-2-13)21-7-8-23-15(11-21)12-3-5-18-6-4-12/h3-6,9-10,13,15H,1-2,7-8,11H2/t15-/m0/s1. The Morgan fingerprint density at radius 1 is 1.17 bits per heavy atom. The molecule has 4 rings (SSSR count). The van der Waals surface area contributed by atoms with Gasteiger partial charge in [0.2, 0.25) is 0 Å². The Balaban J connectivity index is 1.47. The first kappa shape index (κ1) is 14.3. The van der Waals surface area contributed by atoms with Gasteiger partial charge in [-0.05, 0) is 30.5 Å². The Labute approximate surface area is 134 Å². The van der Waals surface area contributed by atoms with Crippen molar-refractivity contribution in [2.75, 3.05) is 19.7 Å². The molecule has 6 heteroatoms. The summed E-state index contributed by atoms with van der Waals surface area (Å²) in [4.78, 5) is 27.1. The van der Waals surface area contributed by atoms with Crippen LogP contribution >= 0.6 is 0 Å². The van der Waals surface area contributed by atoms with Gasteiger partial charge >= 0.3 is 0 Å². The largest absolute Gasteiger partial charge is 0.370 e. The lowest BCUT2D eigenvalue weighted by Crippen LogP contribution is -2.42. The second-order valence-corrected chi connectivity index (χ2v) is 6.00. The maximum atomic E-state index is 12.7. The summed E-state index contributed by atoms with van der Waals surface area (Å²) in [6.07, 6.45) is 8.99. The second-order valence-electron chi connectivity index (χ2n) is 6.00. The zero-order valence-electron chi connectivity index (χ0n) is 12.8. The minimum absolute atomic E-state index is 0.0327. The first-order valence-corrected chi connectivity index (χ1v) is 7.94. The Hall–Kier alpha value is -2.34. The molecule has 1 saturated carbocycles. The van der Waals surface area contributed by atoms with Gasteiger partial charge in [0, 0.05) is 37.3 Å². The molecule has 2 fully saturated rings. The number of morpholine rings is 1. The van der Waals surface area contributed by atoms with Crippen LogP contribution in [0.1, 0.15) is 46.6 Å². The lowest BCUT2D eigenvalue weighted by molar-refractivity contribution is -0.0228. The number of ether oxygens (including phenoxy) is 1. The van der Waals surface area contributed by atoms with Gasteiger partial charge in [-0.15, -0.1) is 0 Å². The van der Waals surface area contributed by atoms with Crippen molar-refractivity contribution >= 4 is 5.91 Å². The summed E-state index contributed by atoms with van der Waals surface area (Å²) in [5, 5.41) is 0. The molecular formula is C17H18N4O2. The predicted octanol–water partition coefficient (Wildman–Crippen LogP) is 1.96. The van der Waals surface area contributed by atoms with Gasteiger partial charge in [0.1, 0.15) is 11.9 Å². The summed E-state index contributed by atoms with van der Waals surface area (Å²) in [6.45, 7) is 1.65. The molecule has 1 atom stereocenters. The molecule has 0 bridgehead atoms. The highest BCUT2D eigenvalue weighted by Crippen LogP contribution is 2.37. The first-order valence-electron chi connectivity index (χ1n) is 7.94. The van der Waals surface area contributed by atoms with Crippen molar-refractivity contribution in [3.8, 4) is 0 Å². The fourth-order valence-corrected chi connectivity index (χ4v) is 2.80. The maximum absolute atomic E-state index is 12.7. The van der Waals surface area contributed by atoms with Crippen LogP contribution < -0.4 is 0 Å². The third-order valence-electron chi connectivity index (χ3n) is 4.29. The van der Waals surface area contributed by atoms with Gasteiger partial charge in [-0.2, -0.15) is 0 Å². The molecule has 0 aromatic carbocycles. The Morgan fingerprint density at radius 3 is 2.61 bits per heavy atom. The molecule has 23 heavy (non-hydrogen) atoms. The van der Waals surface area contributed by atoms with E-state index in [1.807, 2.05) is 17.0 Å². The van der Waals surface area contributed by atoms with E-state index in [1.165, 1.54) is 0 Å². The van der Waals surface area contributed by atoms with Gasteiger partial charge in [0.15, 0.2) is 0 Å². The van der Waals surface area contributed by atoms with E-state index in [-0.39, 0.29) is 12.0 Å². The average molecular weight is 310 g/mol. The molecule has 6 nitrogen and oxygen atoms in total. The summed E-state index contributed by atoms with van der Waals surface area (Å²) < 4.78 is 5.79. The highest BCUT2D eigenvalue weighted by molar-refractivity contribution is 5.93. The number of amides is 1. The smallest absolute Gasteiger partial charge is 0.257 e. The summed E-state index contributed by atoms with van der Waals surface area (Å²) in [5.74, 6) is 1.33. The minimum atomic E-state index is -0.109. The van der Waals surface area contributed by atoms with E-state index in [4.69, 9.17) is 4.74 Å². The fraction of sp³-hybridized carbons (Fsp3) is 0.412. The molecule has 1 aliphatic heterocycles. The van der Waals surface area contributed by atoms with Crippen molar-refractivity contribution in [1.82, 2.24) is 19.9 Å². The molecular weight excluding hydrogens is 292 g/mol. The minimum Gasteiger partial charge on any atom is -0.370 e.